The Hall–Kier alpha value is -4.28. The van der Waals surface area contributed by atoms with E-state index in [4.69, 9.17) is 18.9 Å². The van der Waals surface area contributed by atoms with Crippen molar-refractivity contribution in [2.24, 2.45) is 0 Å². The van der Waals surface area contributed by atoms with Crippen LogP contribution in [0.2, 0.25) is 0 Å². The number of nitrogens with zero attached hydrogens (tertiary/aromatic N) is 4. The Balaban J connectivity index is 0.841. The molecule has 2 fully saturated rings. The molecule has 322 valence electrons. The predicted molar refractivity (Wildman–Crippen MR) is 228 cm³/mol. The molecule has 0 atom stereocenters. The first-order valence-electron chi connectivity index (χ1n) is 21.3. The van der Waals surface area contributed by atoms with E-state index >= 15 is 0 Å². The predicted octanol–water partition coefficient (Wildman–Crippen LogP) is 5.10. The fraction of sp³-hybridized carbons (Fsp3) is 0.591. The molecule has 3 aromatic rings. The van der Waals surface area contributed by atoms with Gasteiger partial charge in [-0.05, 0) is 68.0 Å². The van der Waals surface area contributed by atoms with Gasteiger partial charge in [0.25, 0.3) is 11.8 Å². The summed E-state index contributed by atoms with van der Waals surface area (Å²) in [6.07, 6.45) is 5.42. The summed E-state index contributed by atoms with van der Waals surface area (Å²) in [6.45, 7) is 14.7. The number of aromatic hydroxyl groups is 1. The smallest absolute Gasteiger partial charge is 0.273 e. The molecule has 14 nitrogen and oxygen atoms in total. The van der Waals surface area contributed by atoms with Crippen molar-refractivity contribution in [2.45, 2.75) is 77.2 Å². The molecule has 4 heterocycles. The fourth-order valence-corrected chi connectivity index (χ4v) is 8.50. The van der Waals surface area contributed by atoms with E-state index in [1.807, 2.05) is 27.3 Å². The standard InChI is InChI=1S/C44H62N6O8S/c1-4-5-18-49(21-17-45-16-11-34-9-10-37(51)40-41(34)57-29-38(52)47-40)39(53)13-25-55-24-12-33-7-6-8-35(28-33)56-26-22-48-19-14-44(15-20-48)31-50(23-27-58-44)43(54)36-30-59-42(46-36)32(2)3/h6-10,28,30,32,45,51H,4-5,11-27,29,31H2,1-3H3,(H,47,52). The van der Waals surface area contributed by atoms with Crippen LogP contribution in [-0.4, -0.2) is 140 Å². The third-order valence-electron chi connectivity index (χ3n) is 11.2. The number of anilines is 1. The van der Waals surface area contributed by atoms with Crippen LogP contribution in [0.15, 0.2) is 41.8 Å². The van der Waals surface area contributed by atoms with Gasteiger partial charge in [-0.25, -0.2) is 4.98 Å². The van der Waals surface area contributed by atoms with Crippen LogP contribution in [0.4, 0.5) is 5.69 Å². The summed E-state index contributed by atoms with van der Waals surface area (Å²) < 4.78 is 24.0. The van der Waals surface area contributed by atoms with Crippen LogP contribution in [-0.2, 0) is 31.9 Å². The number of aromatic nitrogens is 1. The van der Waals surface area contributed by atoms with Gasteiger partial charge in [0, 0.05) is 57.1 Å². The first-order chi connectivity index (χ1) is 28.6. The number of phenols is 1. The number of morpholine rings is 1. The lowest BCUT2D eigenvalue weighted by Crippen LogP contribution is -2.58. The second kappa shape index (κ2) is 21.8. The molecule has 0 aliphatic carbocycles. The number of hydrogen-bond donors (Lipinski definition) is 3. The maximum atomic E-state index is 13.3. The zero-order chi connectivity index (χ0) is 41.6. The maximum absolute atomic E-state index is 13.3. The highest BCUT2D eigenvalue weighted by atomic mass is 32.1. The number of carbonyl (C=O) groups is 3. The molecule has 0 radical (unpaired) electrons. The number of piperidine rings is 1. The molecule has 0 saturated carbocycles. The van der Waals surface area contributed by atoms with Gasteiger partial charge >= 0.3 is 0 Å². The Morgan fingerprint density at radius 2 is 1.93 bits per heavy atom. The number of amides is 3. The lowest BCUT2D eigenvalue weighted by Gasteiger charge is -2.47. The number of hydrogen-bond acceptors (Lipinski definition) is 12. The molecule has 3 aliphatic rings. The number of likely N-dealkylation sites (tertiary alicyclic amines) is 1. The van der Waals surface area contributed by atoms with Crippen LogP contribution in [0.25, 0.3) is 0 Å². The maximum Gasteiger partial charge on any atom is 0.273 e. The van der Waals surface area contributed by atoms with E-state index in [1.54, 1.807) is 23.5 Å². The van der Waals surface area contributed by atoms with E-state index in [0.717, 1.165) is 73.6 Å². The lowest BCUT2D eigenvalue weighted by molar-refractivity contribution is -0.132. The summed E-state index contributed by atoms with van der Waals surface area (Å²) in [4.78, 5) is 48.9. The van der Waals surface area contributed by atoms with Gasteiger partial charge in [-0.1, -0.05) is 45.4 Å². The number of rotatable bonds is 21. The average Bonchev–Trinajstić information content (AvgIpc) is 3.74. The fourth-order valence-electron chi connectivity index (χ4n) is 7.69. The van der Waals surface area contributed by atoms with E-state index in [0.29, 0.717) is 102 Å². The summed E-state index contributed by atoms with van der Waals surface area (Å²) in [6, 6.07) is 11.5. The van der Waals surface area contributed by atoms with Gasteiger partial charge in [-0.3, -0.25) is 19.3 Å². The number of benzene rings is 2. The highest BCUT2D eigenvalue weighted by Crippen LogP contribution is 2.39. The number of carbonyl (C=O) groups excluding carboxylic acids is 3. The summed E-state index contributed by atoms with van der Waals surface area (Å²) in [7, 11) is 0. The molecule has 3 N–H and O–H groups in total. The molecular formula is C44H62N6O8S. The minimum Gasteiger partial charge on any atom is -0.506 e. The molecule has 2 aromatic carbocycles. The topological polar surface area (TPSA) is 155 Å². The lowest BCUT2D eigenvalue weighted by atomic mass is 9.89. The van der Waals surface area contributed by atoms with Gasteiger partial charge < -0.3 is 44.5 Å². The van der Waals surface area contributed by atoms with E-state index in [9.17, 15) is 19.5 Å². The Labute approximate surface area is 352 Å². The molecule has 1 spiro atoms. The number of thiazole rings is 1. The number of nitrogens with one attached hydrogen (secondary N) is 2. The highest BCUT2D eigenvalue weighted by molar-refractivity contribution is 7.09. The number of phenolic OH excluding ortho intramolecular Hbond substituents is 1. The SMILES string of the molecule is CCCCN(CCNCCc1ccc(O)c2c1OCC(=O)N2)C(=O)CCOCCc1cccc(OCCN2CCC3(CC2)CN(C(=O)c2csc(C(C)C)n2)CCO3)c1. The Morgan fingerprint density at radius 3 is 2.73 bits per heavy atom. The van der Waals surface area contributed by atoms with E-state index in [2.05, 4.69) is 53.4 Å². The number of unbranched alkanes of at least 4 members (excludes halogenated alkanes) is 1. The van der Waals surface area contributed by atoms with Crippen molar-refractivity contribution in [3.05, 3.63) is 63.6 Å². The Morgan fingerprint density at radius 1 is 1.08 bits per heavy atom. The first-order valence-corrected chi connectivity index (χ1v) is 22.2. The molecule has 3 amide bonds. The Bertz CT molecular complexity index is 1850. The van der Waals surface area contributed by atoms with E-state index in [-0.39, 0.29) is 35.7 Å². The quantitative estimate of drug-likeness (QED) is 0.0971. The Kier molecular flexibility index (Phi) is 16.4. The van der Waals surface area contributed by atoms with Crippen molar-refractivity contribution in [3.63, 3.8) is 0 Å². The van der Waals surface area contributed by atoms with Gasteiger partial charge in [0.05, 0.1) is 43.4 Å². The van der Waals surface area contributed by atoms with Crippen molar-refractivity contribution in [3.8, 4) is 17.2 Å². The zero-order valence-electron chi connectivity index (χ0n) is 35.0. The van der Waals surface area contributed by atoms with Crippen molar-refractivity contribution in [2.75, 3.05) is 97.3 Å². The monoisotopic (exact) mass is 834 g/mol. The minimum absolute atomic E-state index is 0.0103. The van der Waals surface area contributed by atoms with E-state index < -0.39 is 0 Å². The van der Waals surface area contributed by atoms with Crippen LogP contribution >= 0.6 is 11.3 Å². The van der Waals surface area contributed by atoms with Gasteiger partial charge in [0.15, 0.2) is 12.4 Å². The summed E-state index contributed by atoms with van der Waals surface area (Å²) >= 11 is 1.56. The third kappa shape index (κ3) is 12.6. The largest absolute Gasteiger partial charge is 0.506 e. The van der Waals surface area contributed by atoms with Gasteiger partial charge in [-0.15, -0.1) is 11.3 Å². The summed E-state index contributed by atoms with van der Waals surface area (Å²) in [5.41, 5.74) is 2.60. The van der Waals surface area contributed by atoms with Crippen LogP contribution in [0.1, 0.15) is 85.4 Å². The summed E-state index contributed by atoms with van der Waals surface area (Å²) in [5, 5.41) is 19.1. The summed E-state index contributed by atoms with van der Waals surface area (Å²) in [5.74, 6) is 1.46. The molecule has 6 rings (SSSR count). The molecule has 2 saturated heterocycles. The zero-order valence-corrected chi connectivity index (χ0v) is 35.8. The second-order valence-corrected chi connectivity index (χ2v) is 16.8. The van der Waals surface area contributed by atoms with Crippen LogP contribution in [0, 0.1) is 0 Å². The van der Waals surface area contributed by atoms with Crippen LogP contribution in [0.5, 0.6) is 17.2 Å². The molecule has 0 unspecified atom stereocenters. The number of ether oxygens (including phenoxy) is 4. The van der Waals surface area contributed by atoms with Gasteiger partial charge in [-0.2, -0.15) is 0 Å². The highest BCUT2D eigenvalue weighted by Gasteiger charge is 2.41. The molecule has 3 aliphatic heterocycles. The first kappa shape index (κ1) is 44.3. The van der Waals surface area contributed by atoms with Crippen molar-refractivity contribution >= 4 is 34.7 Å². The molecule has 59 heavy (non-hydrogen) atoms. The van der Waals surface area contributed by atoms with Crippen LogP contribution in [0.3, 0.4) is 0 Å². The van der Waals surface area contributed by atoms with Gasteiger partial charge in [0.1, 0.15) is 29.5 Å². The second-order valence-electron chi connectivity index (χ2n) is 16.0. The van der Waals surface area contributed by atoms with Crippen molar-refractivity contribution < 1.29 is 38.4 Å². The molecule has 0 bridgehead atoms. The minimum atomic E-state index is -0.296. The van der Waals surface area contributed by atoms with Crippen molar-refractivity contribution in [1.29, 1.82) is 0 Å². The van der Waals surface area contributed by atoms with Gasteiger partial charge in [0.2, 0.25) is 5.91 Å². The average molecular weight is 835 g/mol. The number of fused-ring (bicyclic) bond motifs is 1. The van der Waals surface area contributed by atoms with E-state index in [1.165, 1.54) is 0 Å². The normalized spacial score (nSPS) is 16.5. The molecule has 15 heteroatoms. The van der Waals surface area contributed by atoms with Crippen molar-refractivity contribution in [1.82, 2.24) is 25.0 Å². The molecule has 1 aromatic heterocycles. The molecular weight excluding hydrogens is 773 g/mol. The van der Waals surface area contributed by atoms with Crippen LogP contribution < -0.4 is 20.1 Å². The third-order valence-corrected chi connectivity index (χ3v) is 12.3.